The standard InChI is InChI=1S/C12H22N2/c1-12(2,9-13)10-14(3)8-7-11-5-4-6-11/h11H,4-8,10H2,1-3H3. The zero-order valence-corrected chi connectivity index (χ0v) is 9.71. The van der Waals surface area contributed by atoms with Crippen molar-refractivity contribution >= 4 is 0 Å². The summed E-state index contributed by atoms with van der Waals surface area (Å²) in [6, 6.07) is 2.35. The smallest absolute Gasteiger partial charge is 0.0697 e. The van der Waals surface area contributed by atoms with E-state index in [0.29, 0.717) is 0 Å². The summed E-state index contributed by atoms with van der Waals surface area (Å²) >= 11 is 0. The summed E-state index contributed by atoms with van der Waals surface area (Å²) in [7, 11) is 2.12. The monoisotopic (exact) mass is 194 g/mol. The third-order valence-electron chi connectivity index (χ3n) is 3.11. The quantitative estimate of drug-likeness (QED) is 0.672. The van der Waals surface area contributed by atoms with Crippen LogP contribution in [0, 0.1) is 22.7 Å². The summed E-state index contributed by atoms with van der Waals surface area (Å²) in [6.45, 7) is 6.05. The Morgan fingerprint density at radius 2 is 2.07 bits per heavy atom. The predicted octanol–water partition coefficient (Wildman–Crippen LogP) is 2.66. The fraction of sp³-hybridized carbons (Fsp3) is 0.917. The molecule has 0 radical (unpaired) electrons. The fourth-order valence-corrected chi connectivity index (χ4v) is 1.97. The highest BCUT2D eigenvalue weighted by atomic mass is 15.1. The van der Waals surface area contributed by atoms with Crippen molar-refractivity contribution < 1.29 is 0 Å². The van der Waals surface area contributed by atoms with E-state index in [1.54, 1.807) is 0 Å². The molecule has 1 aliphatic carbocycles. The Morgan fingerprint density at radius 3 is 2.50 bits per heavy atom. The van der Waals surface area contributed by atoms with E-state index < -0.39 is 0 Å². The molecule has 0 aromatic carbocycles. The summed E-state index contributed by atoms with van der Waals surface area (Å²) in [6.07, 6.45) is 5.60. The molecule has 0 aromatic heterocycles. The van der Waals surface area contributed by atoms with Crippen LogP contribution in [-0.4, -0.2) is 25.0 Å². The zero-order valence-electron chi connectivity index (χ0n) is 9.71. The first-order valence-corrected chi connectivity index (χ1v) is 5.63. The number of nitriles is 1. The van der Waals surface area contributed by atoms with E-state index in [2.05, 4.69) is 18.0 Å². The molecular weight excluding hydrogens is 172 g/mol. The molecule has 0 aliphatic heterocycles. The van der Waals surface area contributed by atoms with Crippen molar-refractivity contribution in [3.8, 4) is 6.07 Å². The molecular formula is C12H22N2. The van der Waals surface area contributed by atoms with Gasteiger partial charge >= 0.3 is 0 Å². The van der Waals surface area contributed by atoms with Crippen molar-refractivity contribution in [1.82, 2.24) is 4.90 Å². The Morgan fingerprint density at radius 1 is 1.43 bits per heavy atom. The number of nitrogens with zero attached hydrogens (tertiary/aromatic N) is 2. The van der Waals surface area contributed by atoms with Crippen LogP contribution in [0.5, 0.6) is 0 Å². The van der Waals surface area contributed by atoms with Crippen molar-refractivity contribution in [2.45, 2.75) is 39.5 Å². The predicted molar refractivity (Wildman–Crippen MR) is 58.8 cm³/mol. The topological polar surface area (TPSA) is 27.0 Å². The van der Waals surface area contributed by atoms with Crippen molar-refractivity contribution in [1.29, 1.82) is 5.26 Å². The fourth-order valence-electron chi connectivity index (χ4n) is 1.97. The molecule has 0 amide bonds. The molecule has 80 valence electrons. The van der Waals surface area contributed by atoms with Gasteiger partial charge in [0, 0.05) is 6.54 Å². The normalized spacial score (nSPS) is 17.9. The van der Waals surface area contributed by atoms with Gasteiger partial charge in [-0.3, -0.25) is 0 Å². The van der Waals surface area contributed by atoms with Crippen LogP contribution in [0.3, 0.4) is 0 Å². The van der Waals surface area contributed by atoms with Crippen LogP contribution in [-0.2, 0) is 0 Å². The number of rotatable bonds is 5. The van der Waals surface area contributed by atoms with Crippen LogP contribution in [0.1, 0.15) is 39.5 Å². The first kappa shape index (κ1) is 11.5. The second kappa shape index (κ2) is 4.79. The maximum atomic E-state index is 8.90. The minimum absolute atomic E-state index is 0.200. The van der Waals surface area contributed by atoms with E-state index in [-0.39, 0.29) is 5.41 Å². The molecule has 0 N–H and O–H groups in total. The molecule has 14 heavy (non-hydrogen) atoms. The van der Waals surface area contributed by atoms with Crippen LogP contribution in [0.4, 0.5) is 0 Å². The lowest BCUT2D eigenvalue weighted by Gasteiger charge is -2.29. The molecule has 0 heterocycles. The van der Waals surface area contributed by atoms with Crippen LogP contribution in [0.15, 0.2) is 0 Å². The van der Waals surface area contributed by atoms with Gasteiger partial charge in [-0.05, 0) is 39.8 Å². The summed E-state index contributed by atoms with van der Waals surface area (Å²) < 4.78 is 0. The summed E-state index contributed by atoms with van der Waals surface area (Å²) in [5.41, 5.74) is -0.200. The molecule has 2 heteroatoms. The van der Waals surface area contributed by atoms with Crippen LogP contribution in [0.25, 0.3) is 0 Å². The number of hydrogen-bond acceptors (Lipinski definition) is 2. The highest BCUT2D eigenvalue weighted by Crippen LogP contribution is 2.29. The molecule has 1 fully saturated rings. The largest absolute Gasteiger partial charge is 0.305 e. The lowest BCUT2D eigenvalue weighted by Crippen LogP contribution is -2.32. The molecule has 1 aliphatic rings. The molecule has 0 unspecified atom stereocenters. The van der Waals surface area contributed by atoms with Crippen LogP contribution in [0.2, 0.25) is 0 Å². The van der Waals surface area contributed by atoms with Gasteiger partial charge < -0.3 is 4.90 Å². The Hall–Kier alpha value is -0.550. The van der Waals surface area contributed by atoms with Gasteiger partial charge in [0.25, 0.3) is 0 Å². The SMILES string of the molecule is CN(CCC1CCC1)CC(C)(C)C#N. The third-order valence-corrected chi connectivity index (χ3v) is 3.11. The van der Waals surface area contributed by atoms with Crippen molar-refractivity contribution in [2.24, 2.45) is 11.3 Å². The van der Waals surface area contributed by atoms with E-state index in [1.165, 1.54) is 25.7 Å². The van der Waals surface area contributed by atoms with Gasteiger partial charge in [-0.2, -0.15) is 5.26 Å². The second-order valence-corrected chi connectivity index (χ2v) is 5.32. The average Bonchev–Trinajstić information content (AvgIpc) is 2.00. The average molecular weight is 194 g/mol. The Labute approximate surface area is 87.9 Å². The maximum Gasteiger partial charge on any atom is 0.0697 e. The Bertz CT molecular complexity index is 211. The van der Waals surface area contributed by atoms with E-state index in [0.717, 1.165) is 19.0 Å². The maximum absolute atomic E-state index is 8.90. The molecule has 1 saturated carbocycles. The zero-order chi connectivity index (χ0) is 10.6. The molecule has 0 saturated heterocycles. The highest BCUT2D eigenvalue weighted by molar-refractivity contribution is 4.93. The van der Waals surface area contributed by atoms with Crippen molar-refractivity contribution in [3.05, 3.63) is 0 Å². The lowest BCUT2D eigenvalue weighted by atomic mass is 9.83. The van der Waals surface area contributed by atoms with Gasteiger partial charge in [-0.25, -0.2) is 0 Å². The summed E-state index contributed by atoms with van der Waals surface area (Å²) in [5.74, 6) is 0.975. The van der Waals surface area contributed by atoms with Gasteiger partial charge in [-0.1, -0.05) is 19.3 Å². The molecule has 0 aromatic rings. The minimum atomic E-state index is -0.200. The van der Waals surface area contributed by atoms with Crippen molar-refractivity contribution in [2.75, 3.05) is 20.1 Å². The molecule has 2 nitrogen and oxygen atoms in total. The summed E-state index contributed by atoms with van der Waals surface area (Å²) in [5, 5.41) is 8.90. The third kappa shape index (κ3) is 3.67. The Balaban J connectivity index is 2.15. The first-order chi connectivity index (χ1) is 6.53. The van der Waals surface area contributed by atoms with Gasteiger partial charge in [0.05, 0.1) is 11.5 Å². The molecule has 1 rings (SSSR count). The van der Waals surface area contributed by atoms with Gasteiger partial charge in [-0.15, -0.1) is 0 Å². The first-order valence-electron chi connectivity index (χ1n) is 5.63. The van der Waals surface area contributed by atoms with Crippen LogP contribution >= 0.6 is 0 Å². The van der Waals surface area contributed by atoms with Crippen molar-refractivity contribution in [3.63, 3.8) is 0 Å². The highest BCUT2D eigenvalue weighted by Gasteiger charge is 2.21. The van der Waals surface area contributed by atoms with E-state index in [4.69, 9.17) is 5.26 Å². The second-order valence-electron chi connectivity index (χ2n) is 5.32. The Kier molecular flexibility index (Phi) is 3.95. The molecule has 0 atom stereocenters. The van der Waals surface area contributed by atoms with E-state index in [9.17, 15) is 0 Å². The van der Waals surface area contributed by atoms with E-state index >= 15 is 0 Å². The van der Waals surface area contributed by atoms with Gasteiger partial charge in [0.2, 0.25) is 0 Å². The van der Waals surface area contributed by atoms with Crippen LogP contribution < -0.4 is 0 Å². The lowest BCUT2D eigenvalue weighted by molar-refractivity contribution is 0.208. The van der Waals surface area contributed by atoms with E-state index in [1.807, 2.05) is 13.8 Å². The number of hydrogen-bond donors (Lipinski definition) is 0. The molecule has 0 spiro atoms. The minimum Gasteiger partial charge on any atom is -0.305 e. The summed E-state index contributed by atoms with van der Waals surface area (Å²) in [4.78, 5) is 2.29. The van der Waals surface area contributed by atoms with Gasteiger partial charge in [0.15, 0.2) is 0 Å². The molecule has 0 bridgehead atoms. The van der Waals surface area contributed by atoms with Gasteiger partial charge in [0.1, 0.15) is 0 Å².